The molecule has 3 aliphatic carbocycles. The summed E-state index contributed by atoms with van der Waals surface area (Å²) < 4.78 is 12.2. The Morgan fingerprint density at radius 1 is 1.32 bits per heavy atom. The summed E-state index contributed by atoms with van der Waals surface area (Å²) in [6, 6.07) is 9.26. The molecule has 1 heterocycles. The van der Waals surface area contributed by atoms with E-state index in [4.69, 9.17) is 15.0 Å². The van der Waals surface area contributed by atoms with Crippen LogP contribution in [0.1, 0.15) is 32.3 Å². The highest BCUT2D eigenvalue weighted by molar-refractivity contribution is 6.45. The smallest absolute Gasteiger partial charge is 0.405 e. The van der Waals surface area contributed by atoms with Gasteiger partial charge in [-0.15, -0.1) is 0 Å². The average molecular weight is 342 g/mol. The summed E-state index contributed by atoms with van der Waals surface area (Å²) in [6.45, 7) is 4.67. The summed E-state index contributed by atoms with van der Waals surface area (Å²) >= 11 is 0. The summed E-state index contributed by atoms with van der Waals surface area (Å²) in [5.41, 5.74) is 7.44. The van der Waals surface area contributed by atoms with Gasteiger partial charge in [-0.25, -0.2) is 0 Å². The maximum absolute atomic E-state index is 12.2. The van der Waals surface area contributed by atoms with E-state index in [1.54, 1.807) is 0 Å². The van der Waals surface area contributed by atoms with Gasteiger partial charge in [0.2, 0.25) is 5.91 Å². The van der Waals surface area contributed by atoms with E-state index in [0.29, 0.717) is 24.2 Å². The second-order valence-corrected chi connectivity index (χ2v) is 8.34. The van der Waals surface area contributed by atoms with E-state index in [2.05, 4.69) is 19.2 Å². The molecule has 134 valence electrons. The third kappa shape index (κ3) is 3.11. The van der Waals surface area contributed by atoms with Gasteiger partial charge in [-0.3, -0.25) is 4.79 Å². The number of rotatable bonds is 5. The van der Waals surface area contributed by atoms with Crippen molar-refractivity contribution in [3.05, 3.63) is 35.9 Å². The third-order valence-corrected chi connectivity index (χ3v) is 6.54. The van der Waals surface area contributed by atoms with Gasteiger partial charge in [-0.05, 0) is 42.1 Å². The van der Waals surface area contributed by atoms with Crippen LogP contribution in [0.2, 0.25) is 0 Å². The molecule has 4 fully saturated rings. The lowest BCUT2D eigenvalue weighted by atomic mass is 9.47. The predicted octanol–water partition coefficient (Wildman–Crippen LogP) is 1.55. The van der Waals surface area contributed by atoms with Crippen LogP contribution in [0.25, 0.3) is 0 Å². The van der Waals surface area contributed by atoms with Crippen molar-refractivity contribution in [3.63, 3.8) is 0 Å². The Balaban J connectivity index is 1.26. The largest absolute Gasteiger partial charge is 0.478 e. The maximum Gasteiger partial charge on any atom is 0.478 e. The number of carbonyl (C=O) groups excluding carboxylic acids is 1. The Morgan fingerprint density at radius 3 is 2.80 bits per heavy atom. The van der Waals surface area contributed by atoms with E-state index >= 15 is 0 Å². The SMILES string of the molecule is CC1(C)C2CC3OB(CNC(=O)C(N)Cc4ccccc4)OC3C1C2. The lowest BCUT2D eigenvalue weighted by molar-refractivity contribution is -0.150. The second kappa shape index (κ2) is 6.42. The summed E-state index contributed by atoms with van der Waals surface area (Å²) in [6.07, 6.45) is 3.59. The molecule has 6 heteroatoms. The number of carbonyl (C=O) groups is 1. The normalized spacial score (nSPS) is 33.3. The number of nitrogens with two attached hydrogens (primary N) is 1. The third-order valence-electron chi connectivity index (χ3n) is 6.54. The van der Waals surface area contributed by atoms with Crippen LogP contribution in [0.15, 0.2) is 30.3 Å². The minimum atomic E-state index is -0.558. The predicted molar refractivity (Wildman–Crippen MR) is 96.6 cm³/mol. The van der Waals surface area contributed by atoms with Gasteiger partial charge in [0.25, 0.3) is 0 Å². The first-order chi connectivity index (χ1) is 11.9. The highest BCUT2D eigenvalue weighted by atomic mass is 16.7. The van der Waals surface area contributed by atoms with Crippen LogP contribution in [0.3, 0.4) is 0 Å². The topological polar surface area (TPSA) is 73.6 Å². The fourth-order valence-electron chi connectivity index (χ4n) is 4.78. The Labute approximate surface area is 149 Å². The molecule has 2 bridgehead atoms. The van der Waals surface area contributed by atoms with Crippen molar-refractivity contribution in [3.8, 4) is 0 Å². The molecule has 3 N–H and O–H groups in total. The first-order valence-corrected chi connectivity index (χ1v) is 9.33. The van der Waals surface area contributed by atoms with Crippen LogP contribution in [0.4, 0.5) is 0 Å². The quantitative estimate of drug-likeness (QED) is 0.797. The number of hydrogen-bond acceptors (Lipinski definition) is 4. The Kier molecular flexibility index (Phi) is 4.38. The highest BCUT2D eigenvalue weighted by Gasteiger charge is 2.61. The molecular weight excluding hydrogens is 315 g/mol. The van der Waals surface area contributed by atoms with E-state index < -0.39 is 6.04 Å². The van der Waals surface area contributed by atoms with Crippen LogP contribution in [-0.4, -0.2) is 37.7 Å². The van der Waals surface area contributed by atoms with Gasteiger partial charge in [0, 0.05) is 0 Å². The zero-order valence-electron chi connectivity index (χ0n) is 15.0. The summed E-state index contributed by atoms with van der Waals surface area (Å²) in [4.78, 5) is 12.2. The maximum atomic E-state index is 12.2. The van der Waals surface area contributed by atoms with Gasteiger partial charge in [0.05, 0.1) is 24.7 Å². The van der Waals surface area contributed by atoms with Crippen LogP contribution in [-0.2, 0) is 20.5 Å². The number of nitrogens with one attached hydrogen (secondary N) is 1. The average Bonchev–Trinajstić information content (AvgIpc) is 3.03. The standard InChI is InChI=1S/C19H27BN2O3/c1-19(2)13-9-14(19)17-16(10-13)24-20(25-17)11-22-18(23)15(21)8-12-6-4-3-5-7-12/h3-7,13-17H,8-11,21H2,1-2H3,(H,22,23). The van der Waals surface area contributed by atoms with Crippen molar-refractivity contribution >= 4 is 13.0 Å². The fraction of sp³-hybridized carbons (Fsp3) is 0.632. The van der Waals surface area contributed by atoms with Gasteiger partial charge in [0.15, 0.2) is 0 Å². The first kappa shape index (κ1) is 17.1. The van der Waals surface area contributed by atoms with E-state index in [1.807, 2.05) is 30.3 Å². The lowest BCUT2D eigenvalue weighted by Crippen LogP contribution is -2.59. The highest BCUT2D eigenvalue weighted by Crippen LogP contribution is 2.61. The number of benzene rings is 1. The molecule has 5 unspecified atom stereocenters. The fourth-order valence-corrected chi connectivity index (χ4v) is 4.78. The van der Waals surface area contributed by atoms with Crippen LogP contribution < -0.4 is 11.1 Å². The van der Waals surface area contributed by atoms with Crippen molar-refractivity contribution in [1.29, 1.82) is 0 Å². The molecule has 1 saturated heterocycles. The van der Waals surface area contributed by atoms with Gasteiger partial charge in [-0.1, -0.05) is 44.2 Å². The van der Waals surface area contributed by atoms with Gasteiger partial charge in [-0.2, -0.15) is 0 Å². The monoisotopic (exact) mass is 342 g/mol. The minimum absolute atomic E-state index is 0.157. The van der Waals surface area contributed by atoms with Crippen molar-refractivity contribution in [1.82, 2.24) is 5.32 Å². The molecule has 5 nitrogen and oxygen atoms in total. The summed E-state index contributed by atoms with van der Waals surface area (Å²) in [5, 5.41) is 2.89. The van der Waals surface area contributed by atoms with E-state index in [1.165, 1.54) is 6.42 Å². The number of amides is 1. The van der Waals surface area contributed by atoms with Crippen molar-refractivity contribution in [2.75, 3.05) is 6.44 Å². The molecule has 4 aliphatic rings. The molecule has 1 aliphatic heterocycles. The lowest BCUT2D eigenvalue weighted by Gasteiger charge is -2.60. The molecule has 0 aromatic heterocycles. The Morgan fingerprint density at radius 2 is 2.08 bits per heavy atom. The Bertz CT molecular complexity index is 639. The van der Waals surface area contributed by atoms with E-state index in [0.717, 1.165) is 17.9 Å². The second-order valence-electron chi connectivity index (χ2n) is 8.34. The molecule has 25 heavy (non-hydrogen) atoms. The molecule has 5 rings (SSSR count). The molecule has 1 aromatic rings. The molecule has 1 aromatic carbocycles. The molecular formula is C19H27BN2O3. The van der Waals surface area contributed by atoms with Gasteiger partial charge in [0.1, 0.15) is 0 Å². The molecule has 1 amide bonds. The molecule has 3 saturated carbocycles. The van der Waals surface area contributed by atoms with E-state index in [9.17, 15) is 4.79 Å². The molecule has 0 spiro atoms. The number of hydrogen-bond donors (Lipinski definition) is 2. The molecule has 5 atom stereocenters. The zero-order chi connectivity index (χ0) is 17.6. The van der Waals surface area contributed by atoms with Gasteiger partial charge >= 0.3 is 7.12 Å². The van der Waals surface area contributed by atoms with Crippen LogP contribution in [0, 0.1) is 17.3 Å². The van der Waals surface area contributed by atoms with Crippen molar-refractivity contribution in [2.45, 2.75) is 51.4 Å². The summed E-state index contributed by atoms with van der Waals surface area (Å²) in [7, 11) is -0.349. The van der Waals surface area contributed by atoms with E-state index in [-0.39, 0.29) is 25.2 Å². The van der Waals surface area contributed by atoms with Gasteiger partial charge < -0.3 is 20.4 Å². The minimum Gasteiger partial charge on any atom is -0.405 e. The molecule has 0 radical (unpaired) electrons. The van der Waals surface area contributed by atoms with Crippen molar-refractivity contribution < 1.29 is 14.1 Å². The van der Waals surface area contributed by atoms with Crippen LogP contribution in [0.5, 0.6) is 0 Å². The zero-order valence-corrected chi connectivity index (χ0v) is 15.0. The van der Waals surface area contributed by atoms with Crippen molar-refractivity contribution in [2.24, 2.45) is 23.0 Å². The Hall–Kier alpha value is -1.37. The van der Waals surface area contributed by atoms with Crippen LogP contribution >= 0.6 is 0 Å². The first-order valence-electron chi connectivity index (χ1n) is 9.33. The summed E-state index contributed by atoms with van der Waals surface area (Å²) in [5.74, 6) is 1.17.